The van der Waals surface area contributed by atoms with E-state index in [4.69, 9.17) is 4.74 Å². The third-order valence-corrected chi connectivity index (χ3v) is 7.12. The minimum Gasteiger partial charge on any atom is -0.487 e. The number of fused-ring (bicyclic) bond motifs is 1. The molecular weight excluding hydrogens is 424 g/mol. The van der Waals surface area contributed by atoms with Crippen LogP contribution in [0.15, 0.2) is 79.1 Å². The van der Waals surface area contributed by atoms with E-state index in [9.17, 15) is 8.42 Å². The van der Waals surface area contributed by atoms with Gasteiger partial charge in [-0.15, -0.1) is 0 Å². The second-order valence-corrected chi connectivity index (χ2v) is 9.49. The quantitative estimate of drug-likeness (QED) is 0.479. The van der Waals surface area contributed by atoms with E-state index in [1.165, 1.54) is 4.31 Å². The highest BCUT2D eigenvalue weighted by atomic mass is 32.2. The average molecular weight is 447 g/mol. The molecule has 8 heteroatoms. The number of aromatic amines is 1. The number of sulfonamides is 1. The fourth-order valence-electron chi connectivity index (χ4n) is 4.10. The second kappa shape index (κ2) is 8.22. The maximum absolute atomic E-state index is 12.1. The number of benzene rings is 1. The molecule has 0 aliphatic carbocycles. The SMILES string of the molecule is C=CS(=O)(=O)N1CC[C@@H](Oc2cnccc2-c2[nH]c3cccnc3c2-c2ccccc2)C1. The summed E-state index contributed by atoms with van der Waals surface area (Å²) in [5, 5.41) is 0.981. The van der Waals surface area contributed by atoms with Crippen molar-refractivity contribution in [1.29, 1.82) is 0 Å². The van der Waals surface area contributed by atoms with Crippen LogP contribution in [-0.2, 0) is 10.0 Å². The Morgan fingerprint density at radius 3 is 2.78 bits per heavy atom. The highest BCUT2D eigenvalue weighted by Crippen LogP contribution is 2.41. The molecule has 3 aromatic heterocycles. The third-order valence-electron chi connectivity index (χ3n) is 5.64. The molecule has 1 aliphatic rings. The first kappa shape index (κ1) is 20.4. The van der Waals surface area contributed by atoms with Crippen LogP contribution in [0.2, 0.25) is 0 Å². The molecular formula is C24H22N4O3S. The van der Waals surface area contributed by atoms with Crippen molar-refractivity contribution in [2.75, 3.05) is 13.1 Å². The molecule has 4 heterocycles. The lowest BCUT2D eigenvalue weighted by molar-refractivity contribution is 0.216. The molecule has 0 saturated carbocycles. The van der Waals surface area contributed by atoms with Crippen molar-refractivity contribution in [3.05, 3.63) is 79.1 Å². The van der Waals surface area contributed by atoms with Gasteiger partial charge in [0.1, 0.15) is 11.9 Å². The molecule has 0 unspecified atom stereocenters. The summed E-state index contributed by atoms with van der Waals surface area (Å²) in [4.78, 5) is 12.4. The van der Waals surface area contributed by atoms with Crippen LogP contribution in [0, 0.1) is 0 Å². The fraction of sp³-hybridized carbons (Fsp3) is 0.167. The normalized spacial score (nSPS) is 16.9. The molecule has 5 rings (SSSR count). The largest absolute Gasteiger partial charge is 0.487 e. The number of aromatic nitrogens is 3. The maximum atomic E-state index is 12.1. The monoisotopic (exact) mass is 446 g/mol. The Balaban J connectivity index is 1.56. The van der Waals surface area contributed by atoms with Crippen LogP contribution in [0.5, 0.6) is 5.75 Å². The van der Waals surface area contributed by atoms with Crippen molar-refractivity contribution in [3.8, 4) is 28.1 Å². The van der Waals surface area contributed by atoms with E-state index in [1.54, 1.807) is 18.6 Å². The van der Waals surface area contributed by atoms with Crippen molar-refractivity contribution in [3.63, 3.8) is 0 Å². The molecule has 162 valence electrons. The van der Waals surface area contributed by atoms with Crippen LogP contribution in [0.25, 0.3) is 33.4 Å². The summed E-state index contributed by atoms with van der Waals surface area (Å²) in [6, 6.07) is 15.9. The van der Waals surface area contributed by atoms with Gasteiger partial charge in [-0.2, -0.15) is 4.31 Å². The van der Waals surface area contributed by atoms with E-state index in [1.807, 2.05) is 36.4 Å². The van der Waals surface area contributed by atoms with Gasteiger partial charge in [-0.25, -0.2) is 8.42 Å². The first-order valence-corrected chi connectivity index (χ1v) is 11.8. The first-order valence-electron chi connectivity index (χ1n) is 10.3. The van der Waals surface area contributed by atoms with E-state index >= 15 is 0 Å². The molecule has 32 heavy (non-hydrogen) atoms. The molecule has 0 radical (unpaired) electrons. The molecule has 0 bridgehead atoms. The Morgan fingerprint density at radius 2 is 1.97 bits per heavy atom. The lowest BCUT2D eigenvalue weighted by Gasteiger charge is -2.17. The number of rotatable bonds is 6. The molecule has 1 fully saturated rings. The summed E-state index contributed by atoms with van der Waals surface area (Å²) in [5.74, 6) is 0.596. The number of nitrogens with one attached hydrogen (secondary N) is 1. The van der Waals surface area contributed by atoms with Gasteiger partial charge in [-0.05, 0) is 30.2 Å². The molecule has 1 atom stereocenters. The molecule has 1 N–H and O–H groups in total. The number of pyridine rings is 2. The summed E-state index contributed by atoms with van der Waals surface area (Å²) in [6.07, 6.45) is 5.51. The molecule has 0 spiro atoms. The lowest BCUT2D eigenvalue weighted by Crippen LogP contribution is -2.29. The van der Waals surface area contributed by atoms with Crippen LogP contribution in [0.3, 0.4) is 0 Å². The minimum absolute atomic E-state index is 0.268. The van der Waals surface area contributed by atoms with E-state index in [0.717, 1.165) is 38.8 Å². The van der Waals surface area contributed by atoms with Crippen molar-refractivity contribution < 1.29 is 13.2 Å². The topological polar surface area (TPSA) is 88.2 Å². The number of nitrogens with zero attached hydrogens (tertiary/aromatic N) is 3. The van der Waals surface area contributed by atoms with Crippen LogP contribution in [0.4, 0.5) is 0 Å². The lowest BCUT2D eigenvalue weighted by atomic mass is 10.0. The number of ether oxygens (including phenoxy) is 1. The van der Waals surface area contributed by atoms with Gasteiger partial charge in [0.05, 0.1) is 29.5 Å². The van der Waals surface area contributed by atoms with Crippen molar-refractivity contribution in [1.82, 2.24) is 19.3 Å². The zero-order valence-electron chi connectivity index (χ0n) is 17.3. The van der Waals surface area contributed by atoms with Crippen LogP contribution in [0.1, 0.15) is 6.42 Å². The van der Waals surface area contributed by atoms with Crippen LogP contribution >= 0.6 is 0 Å². The summed E-state index contributed by atoms with van der Waals surface area (Å²) in [5.41, 5.74) is 5.56. The van der Waals surface area contributed by atoms with Gasteiger partial charge in [0, 0.05) is 35.5 Å². The maximum Gasteiger partial charge on any atom is 0.235 e. The predicted molar refractivity (Wildman–Crippen MR) is 124 cm³/mol. The Kier molecular flexibility index (Phi) is 5.24. The molecule has 0 amide bonds. The Hall–Kier alpha value is -3.49. The summed E-state index contributed by atoms with van der Waals surface area (Å²) >= 11 is 0. The number of H-pyrrole nitrogens is 1. The van der Waals surface area contributed by atoms with Gasteiger partial charge < -0.3 is 9.72 Å². The Labute approximate surface area is 186 Å². The summed E-state index contributed by atoms with van der Waals surface area (Å²) < 4.78 is 31.9. The van der Waals surface area contributed by atoms with Crippen LogP contribution < -0.4 is 4.74 Å². The third kappa shape index (κ3) is 3.68. The molecule has 1 aromatic carbocycles. The minimum atomic E-state index is -3.46. The van der Waals surface area contributed by atoms with Crippen molar-refractivity contribution in [2.45, 2.75) is 12.5 Å². The number of hydrogen-bond acceptors (Lipinski definition) is 5. The van der Waals surface area contributed by atoms with Crippen LogP contribution in [-0.4, -0.2) is 46.9 Å². The van der Waals surface area contributed by atoms with Gasteiger partial charge in [-0.3, -0.25) is 9.97 Å². The second-order valence-electron chi connectivity index (χ2n) is 7.61. The van der Waals surface area contributed by atoms with E-state index in [0.29, 0.717) is 18.7 Å². The highest BCUT2D eigenvalue weighted by molar-refractivity contribution is 7.92. The fourth-order valence-corrected chi connectivity index (χ4v) is 5.04. The Bertz CT molecular complexity index is 1380. The zero-order valence-corrected chi connectivity index (χ0v) is 18.1. The van der Waals surface area contributed by atoms with Crippen molar-refractivity contribution >= 4 is 21.1 Å². The van der Waals surface area contributed by atoms with E-state index in [-0.39, 0.29) is 12.6 Å². The molecule has 7 nitrogen and oxygen atoms in total. The van der Waals surface area contributed by atoms with Gasteiger partial charge in [0.15, 0.2) is 0 Å². The molecule has 1 aliphatic heterocycles. The van der Waals surface area contributed by atoms with Gasteiger partial charge in [0.25, 0.3) is 0 Å². The first-order chi connectivity index (χ1) is 15.6. The zero-order chi connectivity index (χ0) is 22.1. The molecule has 1 saturated heterocycles. The highest BCUT2D eigenvalue weighted by Gasteiger charge is 2.31. The van der Waals surface area contributed by atoms with Crippen molar-refractivity contribution in [2.24, 2.45) is 0 Å². The van der Waals surface area contributed by atoms with E-state index < -0.39 is 10.0 Å². The van der Waals surface area contributed by atoms with E-state index in [2.05, 4.69) is 33.7 Å². The van der Waals surface area contributed by atoms with Gasteiger partial charge >= 0.3 is 0 Å². The van der Waals surface area contributed by atoms with Gasteiger partial charge in [0.2, 0.25) is 10.0 Å². The Morgan fingerprint density at radius 1 is 1.12 bits per heavy atom. The number of hydrogen-bond donors (Lipinski definition) is 1. The summed E-state index contributed by atoms with van der Waals surface area (Å²) in [7, 11) is -3.46. The standard InChI is InChI=1S/C24H22N4O3S/c1-2-32(29,30)28-14-11-18(16-28)31-21-15-25-13-10-19(21)23-22(17-7-4-3-5-8-17)24-20(27-23)9-6-12-26-24/h2-10,12-13,15,18,27H,1,11,14,16H2/t18-/m1/s1. The molecule has 4 aromatic rings. The average Bonchev–Trinajstić information content (AvgIpc) is 3.45. The predicted octanol–water partition coefficient (Wildman–Crippen LogP) is 4.22. The smallest absolute Gasteiger partial charge is 0.235 e. The summed E-state index contributed by atoms with van der Waals surface area (Å²) in [6.45, 7) is 4.09. The van der Waals surface area contributed by atoms with Gasteiger partial charge in [-0.1, -0.05) is 36.9 Å².